The number of rotatable bonds is 13. The Bertz CT molecular complexity index is 1100. The molecule has 0 atom stereocenters. The fourth-order valence-electron chi connectivity index (χ4n) is 3.55. The zero-order valence-corrected chi connectivity index (χ0v) is 21.1. The third-order valence-electron chi connectivity index (χ3n) is 5.36. The zero-order chi connectivity index (χ0) is 25.8. The summed E-state index contributed by atoms with van der Waals surface area (Å²) in [5.41, 5.74) is 1.49. The second-order valence-electron chi connectivity index (χ2n) is 8.18. The van der Waals surface area contributed by atoms with Crippen molar-refractivity contribution in [1.82, 2.24) is 0 Å². The van der Waals surface area contributed by atoms with Gasteiger partial charge in [0.15, 0.2) is 0 Å². The van der Waals surface area contributed by atoms with Gasteiger partial charge < -0.3 is 10.2 Å². The largest absolute Gasteiger partial charge is 0.371 e. The fourth-order valence-corrected chi connectivity index (χ4v) is 3.81. The van der Waals surface area contributed by atoms with Crippen LogP contribution in [0.5, 0.6) is 0 Å². The monoisotopic (exact) mass is 498 g/mol. The van der Waals surface area contributed by atoms with Gasteiger partial charge in [-0.15, -0.1) is 10.2 Å². The summed E-state index contributed by atoms with van der Waals surface area (Å²) in [4.78, 5) is 24.6. The van der Waals surface area contributed by atoms with Crippen molar-refractivity contribution >= 4 is 45.9 Å². The molecule has 1 amide bonds. The highest BCUT2D eigenvalue weighted by Crippen LogP contribution is 2.36. The van der Waals surface area contributed by atoms with Crippen LogP contribution in [-0.4, -0.2) is 23.9 Å². The Hall–Kier alpha value is -3.51. The number of anilines is 2. The Kier molecular flexibility index (Phi) is 11.1. The van der Waals surface area contributed by atoms with Crippen molar-refractivity contribution in [2.75, 3.05) is 23.3 Å². The Morgan fingerprint density at radius 1 is 1.11 bits per heavy atom. The minimum Gasteiger partial charge on any atom is -0.371 e. The normalized spacial score (nSPS) is 10.8. The first-order valence-corrected chi connectivity index (χ1v) is 12.1. The highest BCUT2D eigenvalue weighted by Gasteiger charge is 2.16. The molecule has 0 saturated carbocycles. The van der Waals surface area contributed by atoms with E-state index in [2.05, 4.69) is 34.3 Å². The van der Waals surface area contributed by atoms with Gasteiger partial charge in [-0.3, -0.25) is 14.9 Å². The van der Waals surface area contributed by atoms with Crippen molar-refractivity contribution < 1.29 is 9.72 Å². The van der Waals surface area contributed by atoms with Gasteiger partial charge >= 0.3 is 0 Å². The Balaban J connectivity index is 2.42. The Labute approximate surface area is 210 Å². The predicted molar refractivity (Wildman–Crippen MR) is 139 cm³/mol. The third-order valence-corrected chi connectivity index (χ3v) is 5.64. The van der Waals surface area contributed by atoms with Crippen molar-refractivity contribution in [3.8, 4) is 6.07 Å². The number of hydrogen-bond acceptors (Lipinski definition) is 7. The van der Waals surface area contributed by atoms with Gasteiger partial charge in [0, 0.05) is 37.8 Å². The summed E-state index contributed by atoms with van der Waals surface area (Å²) in [6.45, 7) is 7.59. The van der Waals surface area contributed by atoms with Crippen LogP contribution in [0.2, 0.25) is 5.02 Å². The number of azo groups is 1. The van der Waals surface area contributed by atoms with E-state index >= 15 is 0 Å². The number of unbranched alkanes of at least 4 members (excludes halogenated alkanes) is 4. The molecule has 0 aliphatic heterocycles. The molecule has 10 heteroatoms. The van der Waals surface area contributed by atoms with E-state index in [1.165, 1.54) is 6.92 Å². The fraction of sp³-hybridized carbons (Fsp3) is 0.440. The van der Waals surface area contributed by atoms with Crippen LogP contribution in [0.3, 0.4) is 0 Å². The molecule has 0 aromatic heterocycles. The van der Waals surface area contributed by atoms with Gasteiger partial charge in [-0.1, -0.05) is 51.1 Å². The summed E-state index contributed by atoms with van der Waals surface area (Å²) in [7, 11) is 0. The lowest BCUT2D eigenvalue weighted by Crippen LogP contribution is -2.25. The summed E-state index contributed by atoms with van der Waals surface area (Å²) in [5, 5.41) is 31.5. The standard InChI is InChI=1S/C25H31ClN6O3/c1-4-6-8-12-31(13-9-7-5-2)20-10-11-23(24(16-20)28-18(3)33)29-30-25-19(17-27)14-21(32(34)35)15-22(25)26/h10-11,14-16H,4-9,12-13H2,1-3H3,(H,28,33). The van der Waals surface area contributed by atoms with Gasteiger partial charge in [-0.2, -0.15) is 5.26 Å². The number of benzene rings is 2. The van der Waals surface area contributed by atoms with Crippen LogP contribution in [0.1, 0.15) is 64.9 Å². The SMILES string of the molecule is CCCCCN(CCCCC)c1ccc(N=Nc2c(Cl)cc([N+](=O)[O-])cc2C#N)c(NC(C)=O)c1. The molecule has 2 aromatic carbocycles. The second kappa shape index (κ2) is 14.0. The quantitative estimate of drug-likeness (QED) is 0.131. The molecule has 186 valence electrons. The lowest BCUT2D eigenvalue weighted by atomic mass is 10.1. The lowest BCUT2D eigenvalue weighted by Gasteiger charge is -2.26. The van der Waals surface area contributed by atoms with E-state index in [1.807, 2.05) is 18.2 Å². The molecule has 0 aliphatic rings. The summed E-state index contributed by atoms with van der Waals surface area (Å²) in [5.74, 6) is -0.256. The summed E-state index contributed by atoms with van der Waals surface area (Å²) < 4.78 is 0. The van der Waals surface area contributed by atoms with Crippen molar-refractivity contribution in [2.45, 2.75) is 59.3 Å². The van der Waals surface area contributed by atoms with Crippen LogP contribution < -0.4 is 10.2 Å². The van der Waals surface area contributed by atoms with Crippen LogP contribution in [-0.2, 0) is 4.79 Å². The molecule has 0 bridgehead atoms. The molecule has 0 spiro atoms. The number of nitro benzene ring substituents is 1. The summed E-state index contributed by atoms with van der Waals surface area (Å²) in [6, 6.07) is 9.65. The molecule has 2 rings (SSSR count). The first-order valence-electron chi connectivity index (χ1n) is 11.8. The minimum absolute atomic E-state index is 0.0263. The Morgan fingerprint density at radius 3 is 2.31 bits per heavy atom. The van der Waals surface area contributed by atoms with E-state index in [4.69, 9.17) is 11.6 Å². The lowest BCUT2D eigenvalue weighted by molar-refractivity contribution is -0.384. The van der Waals surface area contributed by atoms with Crippen molar-refractivity contribution in [1.29, 1.82) is 5.26 Å². The maximum absolute atomic E-state index is 11.9. The number of non-ortho nitro benzene ring substituents is 1. The average Bonchev–Trinajstić information content (AvgIpc) is 2.82. The van der Waals surface area contributed by atoms with Crippen LogP contribution in [0, 0.1) is 21.4 Å². The molecule has 0 aliphatic carbocycles. The number of nitro groups is 1. The third kappa shape index (κ3) is 8.34. The minimum atomic E-state index is -0.631. The number of carbonyl (C=O) groups is 1. The molecule has 9 nitrogen and oxygen atoms in total. The highest BCUT2D eigenvalue weighted by atomic mass is 35.5. The van der Waals surface area contributed by atoms with E-state index in [1.54, 1.807) is 6.07 Å². The summed E-state index contributed by atoms with van der Waals surface area (Å²) in [6.07, 6.45) is 6.72. The maximum Gasteiger partial charge on any atom is 0.272 e. The van der Waals surface area contributed by atoms with E-state index in [0.29, 0.717) is 11.4 Å². The van der Waals surface area contributed by atoms with E-state index in [0.717, 1.165) is 69.4 Å². The van der Waals surface area contributed by atoms with Gasteiger partial charge in [0.1, 0.15) is 17.4 Å². The van der Waals surface area contributed by atoms with Gasteiger partial charge in [-0.05, 0) is 31.0 Å². The first kappa shape index (κ1) is 27.7. The van der Waals surface area contributed by atoms with E-state index in [-0.39, 0.29) is 27.9 Å². The number of hydrogen-bond donors (Lipinski definition) is 1. The average molecular weight is 499 g/mol. The maximum atomic E-state index is 11.9. The molecule has 0 saturated heterocycles. The number of carbonyl (C=O) groups excluding carboxylic acids is 1. The molecule has 35 heavy (non-hydrogen) atoms. The highest BCUT2D eigenvalue weighted by molar-refractivity contribution is 6.33. The molecule has 0 fully saturated rings. The van der Waals surface area contributed by atoms with E-state index in [9.17, 15) is 20.2 Å². The van der Waals surface area contributed by atoms with Crippen LogP contribution in [0.4, 0.5) is 28.4 Å². The van der Waals surface area contributed by atoms with E-state index < -0.39 is 4.92 Å². The molecule has 0 unspecified atom stereocenters. The van der Waals surface area contributed by atoms with Gasteiger partial charge in [-0.25, -0.2) is 0 Å². The van der Waals surface area contributed by atoms with Crippen molar-refractivity contribution in [3.05, 3.63) is 51.0 Å². The van der Waals surface area contributed by atoms with Gasteiger partial charge in [0.2, 0.25) is 5.91 Å². The molecule has 0 heterocycles. The van der Waals surface area contributed by atoms with Crippen LogP contribution >= 0.6 is 11.6 Å². The predicted octanol–water partition coefficient (Wildman–Crippen LogP) is 7.68. The molecule has 1 N–H and O–H groups in total. The molecule has 2 aromatic rings. The van der Waals surface area contributed by atoms with Crippen molar-refractivity contribution in [3.63, 3.8) is 0 Å². The first-order chi connectivity index (χ1) is 16.8. The molecule has 0 radical (unpaired) electrons. The smallest absolute Gasteiger partial charge is 0.272 e. The zero-order valence-electron chi connectivity index (χ0n) is 20.4. The summed E-state index contributed by atoms with van der Waals surface area (Å²) >= 11 is 6.15. The van der Waals surface area contributed by atoms with Gasteiger partial charge in [0.05, 0.1) is 21.2 Å². The number of nitrogens with zero attached hydrogens (tertiary/aromatic N) is 5. The number of halogens is 1. The second-order valence-corrected chi connectivity index (χ2v) is 8.58. The number of amides is 1. The topological polar surface area (TPSA) is 124 Å². The molecular weight excluding hydrogens is 468 g/mol. The number of nitrogens with one attached hydrogen (secondary N) is 1. The Morgan fingerprint density at radius 2 is 1.77 bits per heavy atom. The van der Waals surface area contributed by atoms with Crippen LogP contribution in [0.15, 0.2) is 40.6 Å². The van der Waals surface area contributed by atoms with Crippen LogP contribution in [0.25, 0.3) is 0 Å². The number of nitriles is 1. The molecular formula is C25H31ClN6O3. The van der Waals surface area contributed by atoms with Gasteiger partial charge in [0.25, 0.3) is 5.69 Å². The van der Waals surface area contributed by atoms with Crippen molar-refractivity contribution in [2.24, 2.45) is 10.2 Å².